The van der Waals surface area contributed by atoms with Gasteiger partial charge in [-0.2, -0.15) is 0 Å². The van der Waals surface area contributed by atoms with Gasteiger partial charge in [-0.1, -0.05) is 30.3 Å². The minimum Gasteiger partial charge on any atom is -0.437 e. The predicted octanol–water partition coefficient (Wildman–Crippen LogP) is 6.22. The van der Waals surface area contributed by atoms with Gasteiger partial charge < -0.3 is 12.3 Å². The first-order valence-corrected chi connectivity index (χ1v) is 20.1. The Labute approximate surface area is 163 Å². The molecular weight excluding hydrogens is 435 g/mol. The summed E-state index contributed by atoms with van der Waals surface area (Å²) in [6.45, 7) is 19.8. The van der Waals surface area contributed by atoms with Crippen molar-refractivity contribution in [3.05, 3.63) is 30.3 Å². The molecule has 0 spiro atoms. The lowest BCUT2D eigenvalue weighted by atomic mass is 10.4. The Bertz CT molecular complexity index is 498. The van der Waals surface area contributed by atoms with E-state index in [1.165, 1.54) is 5.19 Å². The molecule has 0 fully saturated rings. The van der Waals surface area contributed by atoms with Crippen molar-refractivity contribution in [3.63, 3.8) is 0 Å². The zero-order chi connectivity index (χ0) is 21.2. The minimum atomic E-state index is -2.48. The van der Waals surface area contributed by atoms with Gasteiger partial charge in [-0.05, 0) is 64.1 Å². The second-order valence-corrected chi connectivity index (χ2v) is 24.4. The summed E-state index contributed by atoms with van der Waals surface area (Å²) < 4.78 is 51.6. The van der Waals surface area contributed by atoms with Crippen LogP contribution in [0, 0.1) is 0 Å². The molecule has 0 radical (unpaired) electrons. The highest BCUT2D eigenvalue weighted by molar-refractivity contribution is 6.94. The van der Waals surface area contributed by atoms with Gasteiger partial charge in [0.25, 0.3) is 0 Å². The van der Waals surface area contributed by atoms with Gasteiger partial charge in [-0.3, -0.25) is 4.70 Å². The molecule has 0 amide bonds. The van der Waals surface area contributed by atoms with E-state index in [1.54, 1.807) is 0 Å². The number of halogens is 5. The zero-order valence-electron chi connectivity index (χ0n) is 17.5. The largest absolute Gasteiger partial charge is 0.437 e. The highest BCUT2D eigenvalue weighted by atomic mass is 28.5. The summed E-state index contributed by atoms with van der Waals surface area (Å²) in [6.07, 6.45) is 0. The van der Waals surface area contributed by atoms with Crippen molar-refractivity contribution in [2.75, 3.05) is 0 Å². The average Bonchev–Trinajstić information content (AvgIpc) is 2.47. The molecule has 0 N–H and O–H groups in total. The van der Waals surface area contributed by atoms with E-state index < -0.39 is 33.8 Å². The van der Waals surface area contributed by atoms with Gasteiger partial charge in [-0.25, -0.2) is 0 Å². The average molecular weight is 469 g/mol. The lowest BCUT2D eigenvalue weighted by molar-refractivity contribution is 0.108. The van der Waals surface area contributed by atoms with Crippen LogP contribution in [0.3, 0.4) is 0 Å². The van der Waals surface area contributed by atoms with Crippen LogP contribution in [0.2, 0.25) is 58.9 Å². The molecule has 1 aromatic carbocycles. The molecule has 27 heavy (non-hydrogen) atoms. The van der Waals surface area contributed by atoms with E-state index in [2.05, 4.69) is 83.2 Å². The normalized spacial score (nSPS) is 13.8. The molecule has 1 rings (SSSR count). The molecule has 0 aliphatic rings. The maximum Gasteiger partial charge on any atom is 0.350 e. The van der Waals surface area contributed by atoms with Crippen molar-refractivity contribution in [1.82, 2.24) is 0 Å². The quantitative estimate of drug-likeness (QED) is 0.351. The lowest BCUT2D eigenvalue weighted by Gasteiger charge is -2.41. The van der Waals surface area contributed by atoms with Crippen LogP contribution >= 0.6 is 0 Å². The van der Waals surface area contributed by atoms with Gasteiger partial charge in [0.05, 0.1) is 0 Å². The van der Waals surface area contributed by atoms with Crippen LogP contribution in [0.5, 0.6) is 0 Å². The summed E-state index contributed by atoms with van der Waals surface area (Å²) in [7, 11) is -8.07. The molecule has 0 saturated carbocycles. The first kappa shape index (κ1) is 31.3. The second-order valence-electron chi connectivity index (χ2n) is 8.24. The van der Waals surface area contributed by atoms with E-state index in [1.807, 2.05) is 6.07 Å². The van der Waals surface area contributed by atoms with Gasteiger partial charge in [0.2, 0.25) is 0 Å². The summed E-state index contributed by atoms with van der Waals surface area (Å²) in [4.78, 5) is 0. The van der Waals surface area contributed by atoms with Gasteiger partial charge in [-0.15, -0.1) is 0 Å². The van der Waals surface area contributed by atoms with Gasteiger partial charge in [0, 0.05) is 18.3 Å². The predicted molar refractivity (Wildman–Crippen MR) is 112 cm³/mol. The van der Waals surface area contributed by atoms with Crippen LogP contribution in [0.15, 0.2) is 30.3 Å². The van der Waals surface area contributed by atoms with Crippen LogP contribution in [-0.2, 0) is 12.3 Å². The van der Waals surface area contributed by atoms with Crippen molar-refractivity contribution in [1.29, 1.82) is 0 Å². The molecule has 0 saturated heterocycles. The summed E-state index contributed by atoms with van der Waals surface area (Å²) in [6, 6.07) is 10.4. The molecule has 0 aromatic heterocycles. The van der Waals surface area contributed by atoms with E-state index >= 15 is 0 Å². The van der Waals surface area contributed by atoms with Crippen molar-refractivity contribution >= 4 is 38.9 Å². The Morgan fingerprint density at radius 3 is 1.30 bits per heavy atom. The number of hydrogen-bond acceptors (Lipinski definition) is 3. The van der Waals surface area contributed by atoms with E-state index in [-0.39, 0.29) is 4.70 Å². The maximum atomic E-state index is 8.00. The minimum absolute atomic E-state index is 0. The molecule has 0 aliphatic heterocycles. The Hall–Kier alpha value is -0.382. The standard InChI is InChI=1S/C15H32O3Si4.2F2.FH/c1-19(2,3)16-21(7,8)18-22(9,17-20(4,5)6)15-13-11-10-12-14-15;2*1-2;/h10-14H,1-9H3;;;1H. The fourth-order valence-corrected chi connectivity index (χ4v) is 19.8. The Kier molecular flexibility index (Phi) is 15.0. The first-order valence-electron chi connectivity index (χ1n) is 8.17. The van der Waals surface area contributed by atoms with E-state index in [9.17, 15) is 0 Å². The molecule has 0 aliphatic carbocycles. The van der Waals surface area contributed by atoms with Crippen molar-refractivity contribution < 1.29 is 35.3 Å². The lowest BCUT2D eigenvalue weighted by Crippen LogP contribution is -2.62. The van der Waals surface area contributed by atoms with Crippen LogP contribution in [0.4, 0.5) is 23.0 Å². The van der Waals surface area contributed by atoms with Crippen LogP contribution in [-0.4, -0.2) is 33.8 Å². The van der Waals surface area contributed by atoms with E-state index in [0.29, 0.717) is 0 Å². The van der Waals surface area contributed by atoms with Crippen LogP contribution < -0.4 is 5.19 Å². The van der Waals surface area contributed by atoms with Gasteiger partial charge in [0.15, 0.2) is 16.6 Å². The smallest absolute Gasteiger partial charge is 0.350 e. The van der Waals surface area contributed by atoms with E-state index in [4.69, 9.17) is 30.6 Å². The molecule has 1 unspecified atom stereocenters. The van der Waals surface area contributed by atoms with Crippen molar-refractivity contribution in [2.45, 2.75) is 58.9 Å². The summed E-state index contributed by atoms with van der Waals surface area (Å²) in [5, 5.41) is 1.19. The first-order chi connectivity index (χ1) is 11.7. The third-order valence-corrected chi connectivity index (χ3v) is 16.1. The summed E-state index contributed by atoms with van der Waals surface area (Å²) in [5.41, 5.74) is 0. The topological polar surface area (TPSA) is 27.7 Å². The molecule has 1 atom stereocenters. The molecular formula is C15H33F5O3Si4. The fraction of sp³-hybridized carbons (Fsp3) is 0.600. The van der Waals surface area contributed by atoms with Gasteiger partial charge >= 0.3 is 17.1 Å². The van der Waals surface area contributed by atoms with Crippen molar-refractivity contribution in [2.24, 2.45) is 0 Å². The Morgan fingerprint density at radius 2 is 0.963 bits per heavy atom. The van der Waals surface area contributed by atoms with Gasteiger partial charge in [0.1, 0.15) is 0 Å². The van der Waals surface area contributed by atoms with E-state index in [0.717, 1.165) is 0 Å². The SMILES string of the molecule is C[Si](C)(C)O[Si](C)(C)O[Si](C)(O[Si](C)(C)C)c1ccccc1.F.FF.FF. The molecule has 0 bridgehead atoms. The molecule has 12 heteroatoms. The monoisotopic (exact) mass is 468 g/mol. The third-order valence-electron chi connectivity index (χ3n) is 2.79. The van der Waals surface area contributed by atoms with Crippen LogP contribution in [0.1, 0.15) is 0 Å². The molecule has 0 heterocycles. The Morgan fingerprint density at radius 1 is 0.593 bits per heavy atom. The number of hydrogen-bond donors (Lipinski definition) is 0. The summed E-state index contributed by atoms with van der Waals surface area (Å²) in [5.74, 6) is 0. The molecule has 3 nitrogen and oxygen atoms in total. The highest BCUT2D eigenvalue weighted by Crippen LogP contribution is 2.24. The number of rotatable bonds is 7. The molecule has 1 aromatic rings. The Balaban J connectivity index is -0.00000108. The fourth-order valence-electron chi connectivity index (χ4n) is 2.69. The van der Waals surface area contributed by atoms with Crippen LogP contribution in [0.25, 0.3) is 0 Å². The maximum absolute atomic E-state index is 8.00. The third kappa shape index (κ3) is 14.3. The second kappa shape index (κ2) is 13.0. The van der Waals surface area contributed by atoms with Crippen molar-refractivity contribution in [3.8, 4) is 0 Å². The number of benzene rings is 1. The summed E-state index contributed by atoms with van der Waals surface area (Å²) >= 11 is 0. The highest BCUT2D eigenvalue weighted by Gasteiger charge is 2.45. The molecule has 162 valence electrons. The zero-order valence-corrected chi connectivity index (χ0v) is 21.5.